The highest BCUT2D eigenvalue weighted by Crippen LogP contribution is 2.30. The van der Waals surface area contributed by atoms with Crippen LogP contribution in [0.3, 0.4) is 0 Å². The molecule has 1 aliphatic carbocycles. The third-order valence-electron chi connectivity index (χ3n) is 4.59. The molecule has 6 heteroatoms. The van der Waals surface area contributed by atoms with E-state index in [0.29, 0.717) is 11.3 Å². The Kier molecular flexibility index (Phi) is 5.07. The third kappa shape index (κ3) is 3.80. The van der Waals surface area contributed by atoms with E-state index in [9.17, 15) is 9.59 Å². The van der Waals surface area contributed by atoms with E-state index in [1.807, 2.05) is 48.5 Å². The second kappa shape index (κ2) is 7.64. The van der Waals surface area contributed by atoms with Gasteiger partial charge in [0, 0.05) is 20.3 Å². The number of nitrogens with zero attached hydrogens (tertiary/aromatic N) is 1. The molecule has 0 fully saturated rings. The zero-order chi connectivity index (χ0) is 18.8. The Morgan fingerprint density at radius 3 is 2.67 bits per heavy atom. The topological polar surface area (TPSA) is 68.3 Å². The van der Waals surface area contributed by atoms with Gasteiger partial charge in [-0.1, -0.05) is 18.2 Å². The number of nitrogens with one attached hydrogen (secondary N) is 1. The lowest BCUT2D eigenvalue weighted by Gasteiger charge is -2.12. The summed E-state index contributed by atoms with van der Waals surface area (Å²) >= 11 is 2.20. The van der Waals surface area contributed by atoms with E-state index in [-0.39, 0.29) is 12.5 Å². The number of carbonyl (C=O) groups excluding carboxylic acids is 2. The van der Waals surface area contributed by atoms with Crippen LogP contribution < -0.4 is 5.32 Å². The number of esters is 1. The number of carbonyl (C=O) groups is 2. The second-order valence-corrected chi connectivity index (χ2v) is 7.66. The van der Waals surface area contributed by atoms with E-state index in [2.05, 4.69) is 32.9 Å². The molecule has 0 saturated carbocycles. The van der Waals surface area contributed by atoms with E-state index >= 15 is 0 Å². The number of halogens is 1. The van der Waals surface area contributed by atoms with Crippen LogP contribution in [0.5, 0.6) is 0 Å². The molecule has 0 unspecified atom stereocenters. The molecule has 0 atom stereocenters. The monoisotopic (exact) mass is 472 g/mol. The van der Waals surface area contributed by atoms with Gasteiger partial charge in [-0.2, -0.15) is 0 Å². The first kappa shape index (κ1) is 17.9. The molecule has 2 aromatic carbocycles. The van der Waals surface area contributed by atoms with Crippen molar-refractivity contribution in [3.8, 4) is 0 Å². The molecule has 0 saturated heterocycles. The van der Waals surface area contributed by atoms with E-state index in [4.69, 9.17) is 4.74 Å². The number of fused-ring (bicyclic) bond motifs is 2. The molecule has 136 valence electrons. The van der Waals surface area contributed by atoms with Gasteiger partial charge >= 0.3 is 5.97 Å². The molecule has 0 aliphatic heterocycles. The number of ether oxygens (including phenoxy) is 1. The fourth-order valence-electron chi connectivity index (χ4n) is 3.38. The lowest BCUT2D eigenvalue weighted by atomic mass is 10.0. The number of amides is 1. The number of hydrogen-bond acceptors (Lipinski definition) is 4. The maximum Gasteiger partial charge on any atom is 0.339 e. The average molecular weight is 472 g/mol. The normalized spacial score (nSPS) is 12.6. The maximum atomic E-state index is 12.8. The van der Waals surface area contributed by atoms with Crippen molar-refractivity contribution < 1.29 is 14.3 Å². The lowest BCUT2D eigenvalue weighted by Crippen LogP contribution is -2.21. The maximum absolute atomic E-state index is 12.8. The van der Waals surface area contributed by atoms with Gasteiger partial charge in [-0.05, 0) is 77.7 Å². The summed E-state index contributed by atoms with van der Waals surface area (Å²) in [6.07, 6.45) is 2.66. The zero-order valence-electron chi connectivity index (χ0n) is 14.5. The standard InChI is InChI=1S/C21H17IN2O3/c22-13-8-10-14(11-9-13)23-19(25)12-27-21(26)20-15-4-1-2-6-17(15)24-18-7-3-5-16(18)20/h1-2,4,6,8-11H,3,5,7,12H2,(H,23,25). The molecular weight excluding hydrogens is 455 g/mol. The number of benzene rings is 2. The van der Waals surface area contributed by atoms with Crippen LogP contribution in [-0.2, 0) is 22.4 Å². The number of anilines is 1. The lowest BCUT2D eigenvalue weighted by molar-refractivity contribution is -0.119. The molecule has 5 nitrogen and oxygen atoms in total. The molecule has 1 amide bonds. The van der Waals surface area contributed by atoms with Gasteiger partial charge in [0.05, 0.1) is 11.1 Å². The Labute approximate surface area is 170 Å². The summed E-state index contributed by atoms with van der Waals surface area (Å²) in [6, 6.07) is 15.0. The van der Waals surface area contributed by atoms with Crippen molar-refractivity contribution in [3.63, 3.8) is 0 Å². The fourth-order valence-corrected chi connectivity index (χ4v) is 3.74. The molecule has 27 heavy (non-hydrogen) atoms. The van der Waals surface area contributed by atoms with Gasteiger partial charge in [0.25, 0.3) is 5.91 Å². The molecular formula is C21H17IN2O3. The van der Waals surface area contributed by atoms with Gasteiger partial charge in [-0.15, -0.1) is 0 Å². The second-order valence-electron chi connectivity index (χ2n) is 6.41. The van der Waals surface area contributed by atoms with Gasteiger partial charge < -0.3 is 10.1 Å². The minimum absolute atomic E-state index is 0.323. The summed E-state index contributed by atoms with van der Waals surface area (Å²) in [4.78, 5) is 29.6. The van der Waals surface area contributed by atoms with Crippen molar-refractivity contribution in [1.82, 2.24) is 4.98 Å². The van der Waals surface area contributed by atoms with Crippen molar-refractivity contribution in [1.29, 1.82) is 0 Å². The summed E-state index contributed by atoms with van der Waals surface area (Å²) in [5.41, 5.74) is 3.93. The van der Waals surface area contributed by atoms with E-state index in [0.717, 1.165) is 45.0 Å². The number of rotatable bonds is 4. The van der Waals surface area contributed by atoms with Gasteiger partial charge in [0.2, 0.25) is 0 Å². The van der Waals surface area contributed by atoms with Crippen molar-refractivity contribution in [2.45, 2.75) is 19.3 Å². The quantitative estimate of drug-likeness (QED) is 0.458. The number of pyridine rings is 1. The van der Waals surface area contributed by atoms with E-state index in [1.54, 1.807) is 0 Å². The summed E-state index contributed by atoms with van der Waals surface area (Å²) in [6.45, 7) is -0.323. The number of para-hydroxylation sites is 1. The van der Waals surface area contributed by atoms with Crippen LogP contribution in [0.15, 0.2) is 48.5 Å². The van der Waals surface area contributed by atoms with Gasteiger partial charge in [-0.25, -0.2) is 4.79 Å². The van der Waals surface area contributed by atoms with Crippen LogP contribution in [0.1, 0.15) is 28.0 Å². The highest BCUT2D eigenvalue weighted by molar-refractivity contribution is 14.1. The first-order valence-electron chi connectivity index (χ1n) is 8.75. The summed E-state index contributed by atoms with van der Waals surface area (Å²) in [7, 11) is 0. The average Bonchev–Trinajstić information content (AvgIpc) is 3.14. The first-order chi connectivity index (χ1) is 13.1. The molecule has 0 spiro atoms. The summed E-state index contributed by atoms with van der Waals surface area (Å²) in [5, 5.41) is 3.51. The molecule has 4 rings (SSSR count). The number of aryl methyl sites for hydroxylation is 1. The Morgan fingerprint density at radius 1 is 1.07 bits per heavy atom. The molecule has 1 aliphatic rings. The minimum atomic E-state index is -0.468. The Bertz CT molecular complexity index is 1030. The number of aromatic nitrogens is 1. The summed E-state index contributed by atoms with van der Waals surface area (Å²) in [5.74, 6) is -0.830. The van der Waals surface area contributed by atoms with Crippen molar-refractivity contribution >= 4 is 51.1 Å². The molecule has 1 aromatic heterocycles. The van der Waals surface area contributed by atoms with Crippen molar-refractivity contribution in [2.75, 3.05) is 11.9 Å². The Hall–Kier alpha value is -2.48. The van der Waals surface area contributed by atoms with E-state index < -0.39 is 5.97 Å². The third-order valence-corrected chi connectivity index (χ3v) is 5.30. The predicted molar refractivity (Wildman–Crippen MR) is 112 cm³/mol. The molecule has 3 aromatic rings. The van der Waals surface area contributed by atoms with Crippen LogP contribution in [0.4, 0.5) is 5.69 Å². The predicted octanol–water partition coefficient (Wildman–Crippen LogP) is 4.12. The highest BCUT2D eigenvalue weighted by Gasteiger charge is 2.25. The van der Waals surface area contributed by atoms with Crippen LogP contribution in [0.25, 0.3) is 10.9 Å². The molecule has 1 N–H and O–H groups in total. The van der Waals surface area contributed by atoms with Crippen molar-refractivity contribution in [2.24, 2.45) is 0 Å². The van der Waals surface area contributed by atoms with Crippen LogP contribution in [-0.4, -0.2) is 23.5 Å². The van der Waals surface area contributed by atoms with Gasteiger partial charge in [-0.3, -0.25) is 9.78 Å². The largest absolute Gasteiger partial charge is 0.452 e. The summed E-state index contributed by atoms with van der Waals surface area (Å²) < 4.78 is 6.42. The van der Waals surface area contributed by atoms with Crippen LogP contribution >= 0.6 is 22.6 Å². The smallest absolute Gasteiger partial charge is 0.339 e. The minimum Gasteiger partial charge on any atom is -0.452 e. The molecule has 1 heterocycles. The molecule has 0 bridgehead atoms. The highest BCUT2D eigenvalue weighted by atomic mass is 127. The number of hydrogen-bond donors (Lipinski definition) is 1. The van der Waals surface area contributed by atoms with Crippen LogP contribution in [0.2, 0.25) is 0 Å². The van der Waals surface area contributed by atoms with Gasteiger partial charge in [0.1, 0.15) is 0 Å². The van der Waals surface area contributed by atoms with E-state index in [1.165, 1.54) is 0 Å². The van der Waals surface area contributed by atoms with Crippen molar-refractivity contribution in [3.05, 3.63) is 68.9 Å². The zero-order valence-corrected chi connectivity index (χ0v) is 16.7. The van der Waals surface area contributed by atoms with Crippen LogP contribution in [0, 0.1) is 3.57 Å². The molecule has 0 radical (unpaired) electrons. The fraction of sp³-hybridized carbons (Fsp3) is 0.190. The van der Waals surface area contributed by atoms with Gasteiger partial charge in [0.15, 0.2) is 6.61 Å². The SMILES string of the molecule is O=C(COC(=O)c1c2c(nc3ccccc13)CCC2)Nc1ccc(I)cc1. The Balaban J connectivity index is 1.52. The first-order valence-corrected chi connectivity index (χ1v) is 9.83. The Morgan fingerprint density at radius 2 is 1.85 bits per heavy atom.